The monoisotopic (exact) mass is 309 g/mol. The van der Waals surface area contributed by atoms with Crippen molar-refractivity contribution in [1.82, 2.24) is 19.2 Å². The molecule has 1 N–H and O–H groups in total. The number of hydrogen-bond acceptors (Lipinski definition) is 2. The van der Waals surface area contributed by atoms with Crippen molar-refractivity contribution in [3.8, 4) is 0 Å². The van der Waals surface area contributed by atoms with Gasteiger partial charge in [-0.15, -0.1) is 0 Å². The van der Waals surface area contributed by atoms with E-state index in [9.17, 15) is 4.79 Å². The number of anilines is 1. The second-order valence-electron chi connectivity index (χ2n) is 5.04. The Morgan fingerprint density at radius 1 is 1.43 bits per heavy atom. The highest BCUT2D eigenvalue weighted by Gasteiger charge is 2.14. The molecule has 6 nitrogen and oxygen atoms in total. The molecule has 0 unspecified atom stereocenters. The third-order valence-electron chi connectivity index (χ3n) is 3.35. The summed E-state index contributed by atoms with van der Waals surface area (Å²) in [6.45, 7) is 2.51. The number of nitrogens with zero attached hydrogens (tertiary/aromatic N) is 4. The third-order valence-corrected chi connectivity index (χ3v) is 3.55. The Morgan fingerprint density at radius 3 is 2.67 bits per heavy atom. The largest absolute Gasteiger partial charge is 0.351 e. The molecular weight excluding hydrogens is 290 g/mol. The highest BCUT2D eigenvalue weighted by atomic mass is 35.5. The average Bonchev–Trinajstić information content (AvgIpc) is 2.92. The van der Waals surface area contributed by atoms with Gasteiger partial charge in [0.2, 0.25) is 0 Å². The van der Waals surface area contributed by atoms with Gasteiger partial charge in [0, 0.05) is 39.1 Å². The first-order valence-corrected chi connectivity index (χ1v) is 7.14. The molecule has 2 amide bonds. The lowest BCUT2D eigenvalue weighted by Gasteiger charge is -2.18. The summed E-state index contributed by atoms with van der Waals surface area (Å²) >= 11 is 5.95. The predicted molar refractivity (Wildman–Crippen MR) is 83.5 cm³/mol. The first-order chi connectivity index (χ1) is 9.90. The minimum atomic E-state index is -0.182. The fourth-order valence-electron chi connectivity index (χ4n) is 2.06. The Kier molecular flexibility index (Phi) is 4.57. The van der Waals surface area contributed by atoms with Crippen LogP contribution < -0.4 is 5.32 Å². The van der Waals surface area contributed by atoms with Crippen LogP contribution in [0.15, 0.2) is 18.3 Å². The quantitative estimate of drug-likeness (QED) is 0.944. The van der Waals surface area contributed by atoms with E-state index in [1.165, 1.54) is 0 Å². The molecular formula is C14H20ClN5O. The van der Waals surface area contributed by atoms with Gasteiger partial charge in [0.15, 0.2) is 0 Å². The van der Waals surface area contributed by atoms with Gasteiger partial charge < -0.3 is 9.47 Å². The zero-order valence-corrected chi connectivity index (χ0v) is 13.5. The van der Waals surface area contributed by atoms with Crippen LogP contribution in [0.2, 0.25) is 5.02 Å². The van der Waals surface area contributed by atoms with Crippen molar-refractivity contribution in [2.75, 3.05) is 12.4 Å². The van der Waals surface area contributed by atoms with E-state index in [4.69, 9.17) is 11.6 Å². The summed E-state index contributed by atoms with van der Waals surface area (Å²) < 4.78 is 3.58. The van der Waals surface area contributed by atoms with Crippen LogP contribution >= 0.6 is 11.6 Å². The molecule has 2 heterocycles. The lowest BCUT2D eigenvalue weighted by Crippen LogP contribution is -2.32. The van der Waals surface area contributed by atoms with E-state index in [0.29, 0.717) is 17.4 Å². The molecule has 0 bridgehead atoms. The molecule has 21 heavy (non-hydrogen) atoms. The van der Waals surface area contributed by atoms with Crippen LogP contribution in [0, 0.1) is 0 Å². The molecule has 114 valence electrons. The minimum Gasteiger partial charge on any atom is -0.351 e. The van der Waals surface area contributed by atoms with Gasteiger partial charge in [-0.2, -0.15) is 5.10 Å². The van der Waals surface area contributed by atoms with E-state index < -0.39 is 0 Å². The lowest BCUT2D eigenvalue weighted by molar-refractivity contribution is 0.219. The van der Waals surface area contributed by atoms with Gasteiger partial charge in [0.1, 0.15) is 5.82 Å². The number of nitrogens with one attached hydrogen (secondary N) is 1. The van der Waals surface area contributed by atoms with Gasteiger partial charge in [0.05, 0.1) is 17.3 Å². The number of aryl methyl sites for hydroxylation is 3. The first kappa shape index (κ1) is 15.4. The number of amides is 2. The number of aromatic nitrogens is 3. The third kappa shape index (κ3) is 3.58. The number of hydrogen-bond donors (Lipinski definition) is 1. The van der Waals surface area contributed by atoms with Crippen LogP contribution in [-0.2, 0) is 27.1 Å². The van der Waals surface area contributed by atoms with E-state index in [1.54, 1.807) is 16.6 Å². The summed E-state index contributed by atoms with van der Waals surface area (Å²) in [6, 6.07) is 3.55. The van der Waals surface area contributed by atoms with E-state index in [0.717, 1.165) is 17.8 Å². The first-order valence-electron chi connectivity index (χ1n) is 6.76. The van der Waals surface area contributed by atoms with Gasteiger partial charge in [-0.05, 0) is 12.5 Å². The SMILES string of the molecule is CCc1cc(NC(=O)N(C)Cc2cc(Cl)cn2C)n(C)n1. The number of urea groups is 1. The molecule has 0 atom stereocenters. The van der Waals surface area contributed by atoms with E-state index in [1.807, 2.05) is 43.9 Å². The van der Waals surface area contributed by atoms with Crippen molar-refractivity contribution < 1.29 is 4.79 Å². The zero-order chi connectivity index (χ0) is 15.6. The smallest absolute Gasteiger partial charge is 0.323 e. The van der Waals surface area contributed by atoms with E-state index in [-0.39, 0.29) is 6.03 Å². The summed E-state index contributed by atoms with van der Waals surface area (Å²) in [7, 11) is 5.46. The Balaban J connectivity index is 2.02. The minimum absolute atomic E-state index is 0.182. The van der Waals surface area contributed by atoms with E-state index in [2.05, 4.69) is 10.4 Å². The molecule has 0 aliphatic carbocycles. The number of carbonyl (C=O) groups is 1. The molecule has 0 saturated heterocycles. The maximum absolute atomic E-state index is 12.2. The van der Waals surface area contributed by atoms with Crippen molar-refractivity contribution >= 4 is 23.4 Å². The highest BCUT2D eigenvalue weighted by Crippen LogP contribution is 2.15. The molecule has 7 heteroatoms. The fraction of sp³-hybridized carbons (Fsp3) is 0.429. The number of rotatable bonds is 4. The molecule has 0 saturated carbocycles. The second kappa shape index (κ2) is 6.22. The Bertz CT molecular complexity index is 646. The number of halogens is 1. The van der Waals surface area contributed by atoms with Crippen LogP contribution in [0.3, 0.4) is 0 Å². The lowest BCUT2D eigenvalue weighted by atomic mass is 10.3. The maximum Gasteiger partial charge on any atom is 0.323 e. The normalized spacial score (nSPS) is 10.7. The van der Waals surface area contributed by atoms with Crippen LogP contribution in [0.4, 0.5) is 10.6 Å². The molecule has 0 aromatic carbocycles. The summed E-state index contributed by atoms with van der Waals surface area (Å²) in [6.07, 6.45) is 2.65. The fourth-order valence-corrected chi connectivity index (χ4v) is 2.33. The molecule has 0 aliphatic heterocycles. The van der Waals surface area contributed by atoms with Gasteiger partial charge in [0.25, 0.3) is 0 Å². The van der Waals surface area contributed by atoms with Gasteiger partial charge >= 0.3 is 6.03 Å². The summed E-state index contributed by atoms with van der Waals surface area (Å²) in [5, 5.41) is 7.83. The van der Waals surface area contributed by atoms with Gasteiger partial charge in [-0.3, -0.25) is 10.00 Å². The molecule has 0 spiro atoms. The van der Waals surface area contributed by atoms with Crippen molar-refractivity contribution in [1.29, 1.82) is 0 Å². The Hall–Kier alpha value is -1.95. The average molecular weight is 310 g/mol. The zero-order valence-electron chi connectivity index (χ0n) is 12.7. The summed E-state index contributed by atoms with van der Waals surface area (Å²) in [5.41, 5.74) is 1.92. The highest BCUT2D eigenvalue weighted by molar-refractivity contribution is 6.30. The second-order valence-corrected chi connectivity index (χ2v) is 5.48. The van der Waals surface area contributed by atoms with Crippen LogP contribution in [0.25, 0.3) is 0 Å². The molecule has 0 radical (unpaired) electrons. The predicted octanol–water partition coefficient (Wildman–Crippen LogP) is 2.64. The van der Waals surface area contributed by atoms with Gasteiger partial charge in [-0.25, -0.2) is 4.79 Å². The van der Waals surface area contributed by atoms with Crippen molar-refractivity contribution in [3.63, 3.8) is 0 Å². The molecule has 2 rings (SSSR count). The van der Waals surface area contributed by atoms with Crippen molar-refractivity contribution in [2.24, 2.45) is 14.1 Å². The topological polar surface area (TPSA) is 55.1 Å². The number of carbonyl (C=O) groups excluding carboxylic acids is 1. The molecule has 2 aromatic heterocycles. The maximum atomic E-state index is 12.2. The molecule has 0 aliphatic rings. The van der Waals surface area contributed by atoms with Crippen LogP contribution in [-0.4, -0.2) is 32.3 Å². The van der Waals surface area contributed by atoms with Crippen LogP contribution in [0.5, 0.6) is 0 Å². The van der Waals surface area contributed by atoms with Crippen molar-refractivity contribution in [3.05, 3.63) is 34.7 Å². The summed E-state index contributed by atoms with van der Waals surface area (Å²) in [4.78, 5) is 13.8. The van der Waals surface area contributed by atoms with Gasteiger partial charge in [-0.1, -0.05) is 18.5 Å². The standard InChI is InChI=1S/C14H20ClN5O/c1-5-11-7-13(20(4)17-11)16-14(21)19(3)9-12-6-10(15)8-18(12)2/h6-8H,5,9H2,1-4H3,(H,16,21). The Labute approximate surface area is 129 Å². The van der Waals surface area contributed by atoms with Crippen molar-refractivity contribution in [2.45, 2.75) is 19.9 Å². The van der Waals surface area contributed by atoms with Crippen LogP contribution in [0.1, 0.15) is 18.3 Å². The molecule has 2 aromatic rings. The Morgan fingerprint density at radius 2 is 2.14 bits per heavy atom. The van der Waals surface area contributed by atoms with E-state index >= 15 is 0 Å². The molecule has 0 fully saturated rings. The summed E-state index contributed by atoms with van der Waals surface area (Å²) in [5.74, 6) is 0.689.